The molecule has 0 saturated carbocycles. The Hall–Kier alpha value is -1.68. The van der Waals surface area contributed by atoms with Crippen molar-refractivity contribution >= 4 is 21.7 Å². The molecule has 0 aliphatic carbocycles. The average Bonchev–Trinajstić information content (AvgIpc) is 2.34. The van der Waals surface area contributed by atoms with Crippen LogP contribution in [0.4, 0.5) is 11.9 Å². The third-order valence-electron chi connectivity index (χ3n) is 2.76. The molecule has 0 spiro atoms. The molecule has 0 amide bonds. The number of ether oxygens (including phenoxy) is 1. The molecule has 0 saturated heterocycles. The second kappa shape index (κ2) is 6.39. The molecule has 1 rings (SSSR count). The number of rotatable bonds is 7. The summed E-state index contributed by atoms with van der Waals surface area (Å²) in [7, 11) is -3.22. The van der Waals surface area contributed by atoms with Crippen LogP contribution in [-0.2, 0) is 9.84 Å². The zero-order valence-electron chi connectivity index (χ0n) is 12.8. The van der Waals surface area contributed by atoms with Crippen molar-refractivity contribution in [2.45, 2.75) is 38.5 Å². The molecule has 0 unspecified atom stereocenters. The lowest BCUT2D eigenvalue weighted by molar-refractivity contribution is 0.222. The summed E-state index contributed by atoms with van der Waals surface area (Å²) < 4.78 is 27.7. The van der Waals surface area contributed by atoms with Gasteiger partial charge in [0.15, 0.2) is 9.84 Å². The molecule has 1 aromatic rings. The van der Waals surface area contributed by atoms with Crippen molar-refractivity contribution in [2.75, 3.05) is 23.5 Å². The second-order valence-corrected chi connectivity index (χ2v) is 8.11. The van der Waals surface area contributed by atoms with Crippen molar-refractivity contribution in [2.24, 2.45) is 5.84 Å². The number of nitrogens with one attached hydrogen (secondary N) is 2. The largest absolute Gasteiger partial charge is 0.461 e. The second-order valence-electron chi connectivity index (χ2n) is 5.46. The molecule has 9 nitrogen and oxygen atoms in total. The van der Waals surface area contributed by atoms with Gasteiger partial charge in [0.05, 0.1) is 10.9 Å². The highest BCUT2D eigenvalue weighted by Gasteiger charge is 2.30. The maximum atomic E-state index is 11.7. The van der Waals surface area contributed by atoms with E-state index in [1.807, 2.05) is 13.8 Å². The van der Waals surface area contributed by atoms with Crippen LogP contribution in [0.15, 0.2) is 0 Å². The molecule has 0 radical (unpaired) electrons. The van der Waals surface area contributed by atoms with E-state index in [2.05, 4.69) is 25.7 Å². The topological polar surface area (TPSA) is 132 Å². The maximum absolute atomic E-state index is 11.7. The molecule has 0 bridgehead atoms. The highest BCUT2D eigenvalue weighted by molar-refractivity contribution is 7.92. The highest BCUT2D eigenvalue weighted by Crippen LogP contribution is 2.17. The van der Waals surface area contributed by atoms with Crippen LogP contribution in [0.25, 0.3) is 0 Å². The van der Waals surface area contributed by atoms with Crippen molar-refractivity contribution in [1.82, 2.24) is 15.0 Å². The Morgan fingerprint density at radius 2 is 1.81 bits per heavy atom. The predicted octanol–water partition coefficient (Wildman–Crippen LogP) is 0.180. The van der Waals surface area contributed by atoms with Gasteiger partial charge in [-0.3, -0.25) is 5.43 Å². The van der Waals surface area contributed by atoms with Crippen molar-refractivity contribution in [3.05, 3.63) is 0 Å². The van der Waals surface area contributed by atoms with Crippen molar-refractivity contribution < 1.29 is 13.2 Å². The van der Waals surface area contributed by atoms with E-state index < -0.39 is 14.6 Å². The first-order valence-electron chi connectivity index (χ1n) is 6.38. The van der Waals surface area contributed by atoms with E-state index in [1.54, 1.807) is 13.8 Å². The van der Waals surface area contributed by atoms with Gasteiger partial charge in [-0.05, 0) is 27.7 Å². The lowest BCUT2D eigenvalue weighted by atomic mass is 10.2. The van der Waals surface area contributed by atoms with Gasteiger partial charge in [-0.15, -0.1) is 0 Å². The quantitative estimate of drug-likeness (QED) is 0.475. The number of hydrogen-bond acceptors (Lipinski definition) is 9. The Labute approximate surface area is 124 Å². The van der Waals surface area contributed by atoms with Crippen LogP contribution >= 0.6 is 0 Å². The van der Waals surface area contributed by atoms with E-state index in [1.165, 1.54) is 6.26 Å². The minimum absolute atomic E-state index is 0.104. The van der Waals surface area contributed by atoms with E-state index in [0.717, 1.165) is 0 Å². The molecule has 0 atom stereocenters. The molecule has 0 fully saturated rings. The molecule has 0 aliphatic heterocycles. The first-order chi connectivity index (χ1) is 9.55. The fourth-order valence-corrected chi connectivity index (χ4v) is 1.52. The summed E-state index contributed by atoms with van der Waals surface area (Å²) in [6, 6.07) is 0.104. The first-order valence-corrected chi connectivity index (χ1v) is 8.27. The van der Waals surface area contributed by atoms with Gasteiger partial charge < -0.3 is 10.1 Å². The molecule has 4 N–H and O–H groups in total. The number of sulfone groups is 1. The van der Waals surface area contributed by atoms with Gasteiger partial charge in [-0.1, -0.05) is 0 Å². The molecular weight excluding hydrogens is 296 g/mol. The van der Waals surface area contributed by atoms with E-state index in [-0.39, 0.29) is 30.6 Å². The summed E-state index contributed by atoms with van der Waals surface area (Å²) >= 11 is 0. The Balaban J connectivity index is 2.93. The fourth-order valence-electron chi connectivity index (χ4n) is 1.19. The number of anilines is 2. The van der Waals surface area contributed by atoms with Gasteiger partial charge in [-0.2, -0.15) is 15.0 Å². The number of hydrazine groups is 1. The van der Waals surface area contributed by atoms with Crippen molar-refractivity contribution in [3.63, 3.8) is 0 Å². The molecule has 0 aliphatic rings. The predicted molar refractivity (Wildman–Crippen MR) is 80.8 cm³/mol. The minimum atomic E-state index is -3.22. The lowest BCUT2D eigenvalue weighted by Gasteiger charge is -2.22. The smallest absolute Gasteiger partial charge is 0.323 e. The third-order valence-corrected chi connectivity index (χ3v) is 4.91. The summed E-state index contributed by atoms with van der Waals surface area (Å²) in [5, 5.41) is 2.86. The zero-order chi connectivity index (χ0) is 16.3. The van der Waals surface area contributed by atoms with Crippen LogP contribution in [0.5, 0.6) is 6.01 Å². The fraction of sp³-hybridized carbons (Fsp3) is 0.727. The Morgan fingerprint density at radius 3 is 2.29 bits per heavy atom. The van der Waals surface area contributed by atoms with Gasteiger partial charge in [-0.25, -0.2) is 14.3 Å². The molecule has 120 valence electrons. The van der Waals surface area contributed by atoms with Crippen LogP contribution in [0.1, 0.15) is 27.7 Å². The van der Waals surface area contributed by atoms with E-state index in [4.69, 9.17) is 10.6 Å². The van der Waals surface area contributed by atoms with Crippen molar-refractivity contribution in [1.29, 1.82) is 0 Å². The summed E-state index contributed by atoms with van der Waals surface area (Å²) in [4.78, 5) is 12.0. The van der Waals surface area contributed by atoms with Gasteiger partial charge in [0.25, 0.3) is 0 Å². The molecular formula is C11H22N6O3S. The van der Waals surface area contributed by atoms with E-state index in [0.29, 0.717) is 0 Å². The van der Waals surface area contributed by atoms with Crippen LogP contribution in [-0.4, -0.2) is 47.0 Å². The molecule has 1 heterocycles. The summed E-state index contributed by atoms with van der Waals surface area (Å²) in [6.07, 6.45) is 1.07. The first kappa shape index (κ1) is 17.4. The summed E-state index contributed by atoms with van der Waals surface area (Å²) in [5.41, 5.74) is 2.31. The van der Waals surface area contributed by atoms with Crippen molar-refractivity contribution in [3.8, 4) is 6.01 Å². The maximum Gasteiger partial charge on any atom is 0.323 e. The van der Waals surface area contributed by atoms with Gasteiger partial charge in [0, 0.05) is 12.8 Å². The van der Waals surface area contributed by atoms with Crippen LogP contribution < -0.4 is 21.3 Å². The van der Waals surface area contributed by atoms with E-state index in [9.17, 15) is 8.42 Å². The molecule has 1 aromatic heterocycles. The molecule has 0 aromatic carbocycles. The Morgan fingerprint density at radius 1 is 1.24 bits per heavy atom. The van der Waals surface area contributed by atoms with Gasteiger partial charge >= 0.3 is 6.01 Å². The Kier molecular flexibility index (Phi) is 5.29. The monoisotopic (exact) mass is 318 g/mol. The van der Waals surface area contributed by atoms with E-state index >= 15 is 0 Å². The average molecular weight is 318 g/mol. The SMILES string of the molecule is CC(C)Oc1nc(NN)nc(NCC(C)(C)S(C)(=O)=O)n1. The van der Waals surface area contributed by atoms with Gasteiger partial charge in [0.1, 0.15) is 0 Å². The number of nitrogens with two attached hydrogens (primary N) is 1. The highest BCUT2D eigenvalue weighted by atomic mass is 32.2. The minimum Gasteiger partial charge on any atom is -0.461 e. The standard InChI is InChI=1S/C11H22N6O3S/c1-7(2)20-10-15-8(14-9(16-10)17-12)13-6-11(3,4)21(5,18)19/h7H,6,12H2,1-5H3,(H2,13,14,15,16,17). The van der Waals surface area contributed by atoms with Crippen LogP contribution in [0.2, 0.25) is 0 Å². The number of nitrogens with zero attached hydrogens (tertiary/aromatic N) is 3. The molecule has 21 heavy (non-hydrogen) atoms. The van der Waals surface area contributed by atoms with Gasteiger partial charge in [0.2, 0.25) is 11.9 Å². The third kappa shape index (κ3) is 4.97. The lowest BCUT2D eigenvalue weighted by Crippen LogP contribution is -2.38. The Bertz CT molecular complexity index is 588. The van der Waals surface area contributed by atoms with Crippen LogP contribution in [0, 0.1) is 0 Å². The number of nitrogen functional groups attached to an aromatic ring is 1. The number of hydrogen-bond donors (Lipinski definition) is 3. The zero-order valence-corrected chi connectivity index (χ0v) is 13.7. The van der Waals surface area contributed by atoms with Crippen LogP contribution in [0.3, 0.4) is 0 Å². The summed E-state index contributed by atoms with van der Waals surface area (Å²) in [5.74, 6) is 5.60. The number of aromatic nitrogens is 3. The summed E-state index contributed by atoms with van der Waals surface area (Å²) in [6.45, 7) is 7.04. The molecule has 10 heteroatoms. The normalized spacial score (nSPS) is 12.3.